The lowest BCUT2D eigenvalue weighted by Crippen LogP contribution is -2.87. The summed E-state index contributed by atoms with van der Waals surface area (Å²) in [6, 6.07) is 0. The second-order valence-electron chi connectivity index (χ2n) is 6.59. The fourth-order valence-corrected chi connectivity index (χ4v) is 3.75. The molecule has 2 atom stereocenters. The van der Waals surface area contributed by atoms with Crippen LogP contribution in [0.4, 0.5) is 0 Å². The van der Waals surface area contributed by atoms with Crippen LogP contribution < -0.4 is 0 Å². The molecule has 1 saturated heterocycles. The SMILES string of the molecule is CN1C(N(CO)CO)N(C)C(C)(N(CO)CO)N(C)C1(C)N(CO)CO. The van der Waals surface area contributed by atoms with Gasteiger partial charge in [-0.15, -0.1) is 0 Å². The van der Waals surface area contributed by atoms with Crippen molar-refractivity contribution >= 4 is 0 Å². The fourth-order valence-electron chi connectivity index (χ4n) is 3.75. The first kappa shape index (κ1) is 23.6. The number of rotatable bonds is 9. The zero-order chi connectivity index (χ0) is 20.3. The molecule has 0 aliphatic carbocycles. The summed E-state index contributed by atoms with van der Waals surface area (Å²) in [5, 5.41) is 58.5. The van der Waals surface area contributed by atoms with Crippen LogP contribution in [0.3, 0.4) is 0 Å². The maximum atomic E-state index is 9.78. The lowest BCUT2D eigenvalue weighted by Gasteiger charge is -2.69. The van der Waals surface area contributed by atoms with Crippen LogP contribution in [0.5, 0.6) is 0 Å². The topological polar surface area (TPSA) is 141 Å². The Bertz CT molecular complexity index is 406. The summed E-state index contributed by atoms with van der Waals surface area (Å²) < 4.78 is 0. The minimum absolute atomic E-state index is 0.456. The fraction of sp³-hybridized carbons (Fsp3) is 1.00. The van der Waals surface area contributed by atoms with Gasteiger partial charge in [-0.1, -0.05) is 0 Å². The Morgan fingerprint density at radius 3 is 1.19 bits per heavy atom. The molecule has 0 radical (unpaired) electrons. The van der Waals surface area contributed by atoms with Crippen molar-refractivity contribution in [3.05, 3.63) is 0 Å². The molecule has 2 unspecified atom stereocenters. The second-order valence-corrected chi connectivity index (χ2v) is 6.59. The number of hydrogen-bond acceptors (Lipinski definition) is 12. The van der Waals surface area contributed by atoms with Gasteiger partial charge in [0.15, 0.2) is 0 Å². The lowest BCUT2D eigenvalue weighted by atomic mass is 10.1. The molecule has 12 heteroatoms. The Kier molecular flexibility index (Phi) is 8.28. The molecule has 12 nitrogen and oxygen atoms in total. The maximum Gasteiger partial charge on any atom is 0.136 e. The standard InChI is InChI=1S/C14H34N6O6/c1-13(19(8-23)9-24)15(3)12(18(6-21)7-22)16(4)14(2,17(13)5)20(10-25)11-26/h12,21-26H,6-11H2,1-5H3. The van der Waals surface area contributed by atoms with Crippen LogP contribution in [0.2, 0.25) is 0 Å². The van der Waals surface area contributed by atoms with Crippen LogP contribution in [0.1, 0.15) is 13.8 Å². The van der Waals surface area contributed by atoms with Crippen molar-refractivity contribution in [2.24, 2.45) is 0 Å². The molecule has 1 rings (SSSR count). The lowest BCUT2D eigenvalue weighted by molar-refractivity contribution is -0.372. The zero-order valence-electron chi connectivity index (χ0n) is 16.2. The Labute approximate surface area is 154 Å². The van der Waals surface area contributed by atoms with E-state index < -0.39 is 58.2 Å². The summed E-state index contributed by atoms with van der Waals surface area (Å²) in [6.07, 6.45) is -0.697. The van der Waals surface area contributed by atoms with Gasteiger partial charge in [-0.3, -0.25) is 0 Å². The quantitative estimate of drug-likeness (QED) is 0.217. The Morgan fingerprint density at radius 2 is 0.962 bits per heavy atom. The van der Waals surface area contributed by atoms with E-state index in [1.54, 1.807) is 49.7 Å². The highest BCUT2D eigenvalue weighted by molar-refractivity contribution is 4.99. The average molecular weight is 382 g/mol. The zero-order valence-corrected chi connectivity index (χ0v) is 16.2. The van der Waals surface area contributed by atoms with Gasteiger partial charge in [0.1, 0.15) is 44.8 Å². The molecule has 1 fully saturated rings. The van der Waals surface area contributed by atoms with Gasteiger partial charge in [0.05, 0.1) is 13.5 Å². The molecule has 0 spiro atoms. The molecule has 0 saturated carbocycles. The van der Waals surface area contributed by atoms with Gasteiger partial charge in [-0.2, -0.15) is 0 Å². The van der Waals surface area contributed by atoms with Crippen LogP contribution in [-0.4, -0.2) is 139 Å². The third-order valence-electron chi connectivity index (χ3n) is 5.87. The first-order valence-electron chi connectivity index (χ1n) is 8.25. The highest BCUT2D eigenvalue weighted by Crippen LogP contribution is 2.41. The normalized spacial score (nSPS) is 32.3. The molecular formula is C14H34N6O6. The highest BCUT2D eigenvalue weighted by Gasteiger charge is 2.60. The third-order valence-corrected chi connectivity index (χ3v) is 5.87. The average Bonchev–Trinajstić information content (AvgIpc) is 2.64. The third kappa shape index (κ3) is 3.37. The molecule has 1 aliphatic heterocycles. The van der Waals surface area contributed by atoms with Crippen molar-refractivity contribution in [2.75, 3.05) is 61.5 Å². The van der Waals surface area contributed by atoms with Crippen LogP contribution >= 0.6 is 0 Å². The second kappa shape index (κ2) is 9.14. The smallest absolute Gasteiger partial charge is 0.136 e. The van der Waals surface area contributed by atoms with E-state index in [-0.39, 0.29) is 0 Å². The van der Waals surface area contributed by atoms with Crippen molar-refractivity contribution < 1.29 is 30.6 Å². The summed E-state index contributed by atoms with van der Waals surface area (Å²) in [5.74, 6) is -2.22. The van der Waals surface area contributed by atoms with Crippen molar-refractivity contribution in [3.8, 4) is 0 Å². The van der Waals surface area contributed by atoms with Crippen LogP contribution in [0, 0.1) is 0 Å². The van der Waals surface area contributed by atoms with Gasteiger partial charge in [0.25, 0.3) is 0 Å². The van der Waals surface area contributed by atoms with Gasteiger partial charge < -0.3 is 30.6 Å². The van der Waals surface area contributed by atoms with Gasteiger partial charge in [0.2, 0.25) is 0 Å². The first-order chi connectivity index (χ1) is 12.2. The number of nitrogens with zero attached hydrogens (tertiary/aromatic N) is 6. The molecule has 26 heavy (non-hydrogen) atoms. The van der Waals surface area contributed by atoms with Crippen molar-refractivity contribution in [3.63, 3.8) is 0 Å². The summed E-state index contributed by atoms with van der Waals surface area (Å²) in [5.41, 5.74) is 0. The highest BCUT2D eigenvalue weighted by atomic mass is 16.3. The molecule has 0 aromatic carbocycles. The van der Waals surface area contributed by atoms with E-state index in [9.17, 15) is 30.6 Å². The molecule has 0 amide bonds. The molecule has 1 aliphatic rings. The predicted octanol–water partition coefficient (Wildman–Crippen LogP) is -3.97. The monoisotopic (exact) mass is 382 g/mol. The first-order valence-corrected chi connectivity index (χ1v) is 8.25. The molecule has 0 aromatic rings. The largest absolute Gasteiger partial charge is 0.381 e. The summed E-state index contributed by atoms with van der Waals surface area (Å²) in [4.78, 5) is 9.35. The molecule has 0 aromatic heterocycles. The minimum atomic E-state index is -1.11. The minimum Gasteiger partial charge on any atom is -0.381 e. The maximum absolute atomic E-state index is 9.78. The molecule has 0 bridgehead atoms. The Balaban J connectivity index is 3.62. The van der Waals surface area contributed by atoms with E-state index in [4.69, 9.17) is 0 Å². The van der Waals surface area contributed by atoms with Crippen molar-refractivity contribution in [2.45, 2.75) is 31.7 Å². The van der Waals surface area contributed by atoms with Crippen molar-refractivity contribution in [1.82, 2.24) is 29.4 Å². The van der Waals surface area contributed by atoms with E-state index in [0.29, 0.717) is 0 Å². The summed E-state index contributed by atoms with van der Waals surface area (Å²) >= 11 is 0. The Morgan fingerprint density at radius 1 is 0.654 bits per heavy atom. The molecule has 156 valence electrons. The van der Waals surface area contributed by atoms with E-state index in [2.05, 4.69) is 0 Å². The van der Waals surface area contributed by atoms with Crippen LogP contribution in [0.25, 0.3) is 0 Å². The van der Waals surface area contributed by atoms with Crippen LogP contribution in [0.15, 0.2) is 0 Å². The Hall–Kier alpha value is -0.480. The van der Waals surface area contributed by atoms with Crippen molar-refractivity contribution in [1.29, 1.82) is 0 Å². The molecule has 1 heterocycles. The van der Waals surface area contributed by atoms with Gasteiger partial charge in [-0.05, 0) is 35.0 Å². The number of aliphatic hydroxyl groups excluding tert-OH is 6. The van der Waals surface area contributed by atoms with E-state index in [1.165, 1.54) is 14.7 Å². The predicted molar refractivity (Wildman–Crippen MR) is 91.9 cm³/mol. The summed E-state index contributed by atoms with van der Waals surface area (Å²) in [6.45, 7) is 0.713. The van der Waals surface area contributed by atoms with E-state index in [0.717, 1.165) is 0 Å². The van der Waals surface area contributed by atoms with E-state index >= 15 is 0 Å². The van der Waals surface area contributed by atoms with E-state index in [1.807, 2.05) is 0 Å². The van der Waals surface area contributed by atoms with Gasteiger partial charge >= 0.3 is 0 Å². The summed E-state index contributed by atoms with van der Waals surface area (Å²) in [7, 11) is 5.16. The number of hydrogen-bond donors (Lipinski definition) is 6. The number of aliphatic hydroxyl groups is 6. The molecular weight excluding hydrogens is 348 g/mol. The van der Waals surface area contributed by atoms with Gasteiger partial charge in [-0.25, -0.2) is 29.4 Å². The molecule has 6 N–H and O–H groups in total. The van der Waals surface area contributed by atoms with Gasteiger partial charge in [0, 0.05) is 0 Å². The van der Waals surface area contributed by atoms with Crippen LogP contribution in [-0.2, 0) is 0 Å².